The number of ether oxygens (including phenoxy) is 2. The van der Waals surface area contributed by atoms with E-state index in [1.165, 1.54) is 24.3 Å². The Balaban J connectivity index is 2.36. The van der Waals surface area contributed by atoms with Crippen molar-refractivity contribution in [3.63, 3.8) is 0 Å². The first kappa shape index (κ1) is 18.5. The minimum Gasteiger partial charge on any atom is -0.494 e. The number of carbonyl (C=O) groups is 1. The molecule has 0 aliphatic carbocycles. The van der Waals surface area contributed by atoms with Crippen LogP contribution in [0.5, 0.6) is 5.75 Å². The van der Waals surface area contributed by atoms with Gasteiger partial charge >= 0.3 is 5.97 Å². The van der Waals surface area contributed by atoms with E-state index in [2.05, 4.69) is 10.1 Å². The highest BCUT2D eigenvalue weighted by Crippen LogP contribution is 2.23. The number of hydrogen-bond donors (Lipinski definition) is 1. The van der Waals surface area contributed by atoms with Crippen molar-refractivity contribution in [1.82, 2.24) is 0 Å². The van der Waals surface area contributed by atoms with Gasteiger partial charge in [-0.2, -0.15) is 0 Å². The zero-order valence-electron chi connectivity index (χ0n) is 13.9. The van der Waals surface area contributed by atoms with Crippen LogP contribution in [0.1, 0.15) is 6.92 Å². The third-order valence-electron chi connectivity index (χ3n) is 3.26. The second kappa shape index (κ2) is 8.34. The number of sulfone groups is 1. The number of benzene rings is 2. The lowest BCUT2D eigenvalue weighted by Crippen LogP contribution is -2.17. The smallest absolute Gasteiger partial charge is 0.351 e. The van der Waals surface area contributed by atoms with Crippen LogP contribution in [0, 0.1) is 0 Å². The maximum atomic E-state index is 12.8. The van der Waals surface area contributed by atoms with Crippen LogP contribution in [-0.4, -0.2) is 28.1 Å². The van der Waals surface area contributed by atoms with Gasteiger partial charge in [-0.05, 0) is 43.3 Å². The summed E-state index contributed by atoms with van der Waals surface area (Å²) in [6.07, 6.45) is 1.13. The van der Waals surface area contributed by atoms with E-state index in [-0.39, 0.29) is 4.90 Å². The Morgan fingerprint density at radius 2 is 1.72 bits per heavy atom. The van der Waals surface area contributed by atoms with Crippen LogP contribution in [0.2, 0.25) is 0 Å². The molecule has 0 saturated heterocycles. The molecule has 0 bridgehead atoms. The second-order valence-electron chi connectivity index (χ2n) is 4.92. The van der Waals surface area contributed by atoms with Gasteiger partial charge in [0.05, 0.1) is 18.6 Å². The molecule has 0 heterocycles. The molecule has 6 nitrogen and oxygen atoms in total. The van der Waals surface area contributed by atoms with E-state index in [0.717, 1.165) is 13.3 Å². The van der Waals surface area contributed by atoms with Gasteiger partial charge in [-0.15, -0.1) is 0 Å². The van der Waals surface area contributed by atoms with E-state index in [1.807, 2.05) is 13.0 Å². The zero-order valence-corrected chi connectivity index (χ0v) is 14.7. The quantitative estimate of drug-likeness (QED) is 0.603. The normalized spacial score (nSPS) is 11.7. The molecule has 0 unspecified atom stereocenters. The van der Waals surface area contributed by atoms with Gasteiger partial charge in [0.25, 0.3) is 0 Å². The minimum absolute atomic E-state index is 0.0255. The summed E-state index contributed by atoms with van der Waals surface area (Å²) < 4.78 is 35.5. The SMILES string of the molecule is CCOc1ccc(S(=O)(=O)/C(=C/Nc2ccccc2)C(=O)OC)cc1. The standard InChI is InChI=1S/C18H19NO5S/c1-3-24-15-9-11-16(12-10-15)25(21,22)17(18(20)23-2)13-19-14-7-5-4-6-8-14/h4-13,19H,3H2,1-2H3/b17-13+. The number of anilines is 1. The highest BCUT2D eigenvalue weighted by Gasteiger charge is 2.28. The lowest BCUT2D eigenvalue weighted by molar-refractivity contribution is -0.135. The molecule has 0 saturated carbocycles. The molecule has 0 spiro atoms. The van der Waals surface area contributed by atoms with Crippen molar-refractivity contribution in [2.75, 3.05) is 19.0 Å². The van der Waals surface area contributed by atoms with E-state index in [1.54, 1.807) is 24.3 Å². The molecule has 0 aromatic heterocycles. The molecule has 0 amide bonds. The molecule has 7 heteroatoms. The predicted molar refractivity (Wildman–Crippen MR) is 95.0 cm³/mol. The largest absolute Gasteiger partial charge is 0.494 e. The van der Waals surface area contributed by atoms with E-state index in [4.69, 9.17) is 4.74 Å². The van der Waals surface area contributed by atoms with Gasteiger partial charge in [-0.3, -0.25) is 0 Å². The summed E-state index contributed by atoms with van der Waals surface area (Å²) in [5.74, 6) is -0.398. The van der Waals surface area contributed by atoms with Crippen LogP contribution in [0.4, 0.5) is 5.69 Å². The number of para-hydroxylation sites is 1. The Morgan fingerprint density at radius 1 is 1.08 bits per heavy atom. The van der Waals surface area contributed by atoms with Crippen LogP contribution >= 0.6 is 0 Å². The second-order valence-corrected chi connectivity index (χ2v) is 6.84. The van der Waals surface area contributed by atoms with E-state index in [9.17, 15) is 13.2 Å². The third-order valence-corrected chi connectivity index (χ3v) is 5.02. The monoisotopic (exact) mass is 361 g/mol. The fourth-order valence-corrected chi connectivity index (χ4v) is 3.30. The van der Waals surface area contributed by atoms with Gasteiger partial charge in [0.2, 0.25) is 9.84 Å². The maximum Gasteiger partial charge on any atom is 0.351 e. The van der Waals surface area contributed by atoms with Crippen LogP contribution in [0.3, 0.4) is 0 Å². The Hall–Kier alpha value is -2.80. The Labute approximate surface area is 147 Å². The molecule has 0 atom stereocenters. The molecule has 0 fully saturated rings. The first-order valence-electron chi connectivity index (χ1n) is 7.57. The van der Waals surface area contributed by atoms with Crippen molar-refractivity contribution >= 4 is 21.5 Å². The minimum atomic E-state index is -4.05. The van der Waals surface area contributed by atoms with Crippen molar-refractivity contribution in [3.05, 3.63) is 65.7 Å². The highest BCUT2D eigenvalue weighted by molar-refractivity contribution is 7.96. The molecule has 0 radical (unpaired) electrons. The fourth-order valence-electron chi connectivity index (χ4n) is 2.04. The number of methoxy groups -OCH3 is 1. The summed E-state index contributed by atoms with van der Waals surface area (Å²) in [5, 5.41) is 2.80. The number of nitrogens with one attached hydrogen (secondary N) is 1. The van der Waals surface area contributed by atoms with Gasteiger partial charge < -0.3 is 14.8 Å². The molecule has 0 aliphatic rings. The summed E-state index contributed by atoms with van der Waals surface area (Å²) in [7, 11) is -2.91. The average Bonchev–Trinajstić information content (AvgIpc) is 2.63. The van der Waals surface area contributed by atoms with E-state index in [0.29, 0.717) is 18.0 Å². The van der Waals surface area contributed by atoms with Crippen molar-refractivity contribution in [2.24, 2.45) is 0 Å². The molecule has 0 aliphatic heterocycles. The summed E-state index contributed by atoms with van der Waals surface area (Å²) in [5.41, 5.74) is 0.644. The van der Waals surface area contributed by atoms with Crippen molar-refractivity contribution in [3.8, 4) is 5.75 Å². The van der Waals surface area contributed by atoms with Crippen LogP contribution in [0.25, 0.3) is 0 Å². The van der Waals surface area contributed by atoms with Crippen molar-refractivity contribution in [1.29, 1.82) is 0 Å². The van der Waals surface area contributed by atoms with Crippen LogP contribution in [0.15, 0.2) is 70.6 Å². The average molecular weight is 361 g/mol. The molecule has 2 aromatic rings. The lowest BCUT2D eigenvalue weighted by Gasteiger charge is -2.10. The van der Waals surface area contributed by atoms with Gasteiger partial charge in [0.1, 0.15) is 5.75 Å². The van der Waals surface area contributed by atoms with Crippen LogP contribution < -0.4 is 10.1 Å². The first-order chi connectivity index (χ1) is 12.0. The van der Waals surface area contributed by atoms with Gasteiger partial charge in [0.15, 0.2) is 4.91 Å². The summed E-state index contributed by atoms with van der Waals surface area (Å²) in [6.45, 7) is 2.30. The van der Waals surface area contributed by atoms with Gasteiger partial charge in [-0.1, -0.05) is 18.2 Å². The van der Waals surface area contributed by atoms with Crippen molar-refractivity contribution in [2.45, 2.75) is 11.8 Å². The molecule has 2 aromatic carbocycles. The van der Waals surface area contributed by atoms with Crippen molar-refractivity contribution < 1.29 is 22.7 Å². The van der Waals surface area contributed by atoms with Gasteiger partial charge in [-0.25, -0.2) is 13.2 Å². The molecule has 1 N–H and O–H groups in total. The van der Waals surface area contributed by atoms with Gasteiger partial charge in [0, 0.05) is 11.9 Å². The Bertz CT molecular complexity index is 843. The Kier molecular flexibility index (Phi) is 6.19. The van der Waals surface area contributed by atoms with Crippen LogP contribution in [-0.2, 0) is 19.4 Å². The number of carbonyl (C=O) groups excluding carboxylic acids is 1. The number of rotatable bonds is 7. The summed E-state index contributed by atoms with van der Waals surface area (Å²) in [6, 6.07) is 14.7. The third kappa shape index (κ3) is 4.60. The molecule has 2 rings (SSSR count). The maximum absolute atomic E-state index is 12.8. The number of hydrogen-bond acceptors (Lipinski definition) is 6. The zero-order chi connectivity index (χ0) is 18.3. The lowest BCUT2D eigenvalue weighted by atomic mass is 10.3. The van der Waals surface area contributed by atoms with E-state index < -0.39 is 20.7 Å². The highest BCUT2D eigenvalue weighted by atomic mass is 32.2. The molecule has 25 heavy (non-hydrogen) atoms. The number of esters is 1. The fraction of sp³-hybridized carbons (Fsp3) is 0.167. The Morgan fingerprint density at radius 3 is 2.28 bits per heavy atom. The topological polar surface area (TPSA) is 81.7 Å². The molecular weight excluding hydrogens is 342 g/mol. The molecule has 132 valence electrons. The summed E-state index contributed by atoms with van der Waals surface area (Å²) in [4.78, 5) is 11.5. The van der Waals surface area contributed by atoms with E-state index >= 15 is 0 Å². The summed E-state index contributed by atoms with van der Waals surface area (Å²) >= 11 is 0. The molecular formula is C18H19NO5S. The first-order valence-corrected chi connectivity index (χ1v) is 9.05. The predicted octanol–water partition coefficient (Wildman–Crippen LogP) is 2.99.